The average molecular weight is 497 g/mol. The Kier molecular flexibility index (Phi) is 7.05. The fraction of sp³-hybridized carbons (Fsp3) is 0.333. The number of carbonyl (C=O) groups is 2. The fourth-order valence-electron chi connectivity index (χ4n) is 3.37. The molecule has 0 aliphatic carbocycles. The van der Waals surface area contributed by atoms with Crippen molar-refractivity contribution in [3.8, 4) is 0 Å². The normalized spacial score (nSPS) is 15.7. The van der Waals surface area contributed by atoms with Crippen molar-refractivity contribution in [2.24, 2.45) is 5.92 Å². The molecule has 1 N–H and O–H groups in total. The summed E-state index contributed by atoms with van der Waals surface area (Å²) in [5, 5.41) is 2.74. The van der Waals surface area contributed by atoms with Crippen LogP contribution in [0.1, 0.15) is 35.7 Å². The van der Waals surface area contributed by atoms with Crippen molar-refractivity contribution in [3.05, 3.63) is 63.9 Å². The summed E-state index contributed by atoms with van der Waals surface area (Å²) in [6, 6.07) is 10.4. The van der Waals surface area contributed by atoms with Crippen molar-refractivity contribution in [1.29, 1.82) is 0 Å². The van der Waals surface area contributed by atoms with Crippen molar-refractivity contribution in [2.75, 3.05) is 13.1 Å². The smallest absolute Gasteiger partial charge is 0.243 e. The molecule has 1 aliphatic heterocycles. The van der Waals surface area contributed by atoms with E-state index in [0.717, 1.165) is 4.47 Å². The van der Waals surface area contributed by atoms with E-state index in [1.54, 1.807) is 12.1 Å². The van der Waals surface area contributed by atoms with Gasteiger partial charge in [0.05, 0.1) is 4.90 Å². The number of amides is 1. The maximum atomic E-state index is 13.8. The quantitative estimate of drug-likeness (QED) is 0.620. The molecule has 0 spiro atoms. The first-order valence-corrected chi connectivity index (χ1v) is 11.7. The number of carbonyl (C=O) groups excluding carboxylic acids is 2. The molecule has 0 atom stereocenters. The van der Waals surface area contributed by atoms with E-state index in [4.69, 9.17) is 0 Å². The summed E-state index contributed by atoms with van der Waals surface area (Å²) in [6.07, 6.45) is 0.773. The number of nitrogens with one attached hydrogen (secondary N) is 1. The Labute approximate surface area is 183 Å². The molecule has 3 rings (SSSR count). The van der Waals surface area contributed by atoms with Crippen LogP contribution >= 0.6 is 15.9 Å². The third kappa shape index (κ3) is 5.14. The second-order valence-corrected chi connectivity index (χ2v) is 10.1. The number of piperidine rings is 1. The van der Waals surface area contributed by atoms with Crippen molar-refractivity contribution < 1.29 is 22.4 Å². The van der Waals surface area contributed by atoms with Crippen molar-refractivity contribution in [3.63, 3.8) is 0 Å². The molecule has 6 nitrogen and oxygen atoms in total. The second-order valence-electron chi connectivity index (χ2n) is 7.21. The van der Waals surface area contributed by atoms with E-state index in [0.29, 0.717) is 24.0 Å². The predicted molar refractivity (Wildman–Crippen MR) is 114 cm³/mol. The minimum Gasteiger partial charge on any atom is -0.352 e. The van der Waals surface area contributed by atoms with Gasteiger partial charge >= 0.3 is 0 Å². The van der Waals surface area contributed by atoms with Crippen LogP contribution < -0.4 is 5.32 Å². The molecule has 2 aromatic rings. The average Bonchev–Trinajstić information content (AvgIpc) is 2.74. The molecule has 0 bridgehead atoms. The van der Waals surface area contributed by atoms with Crippen molar-refractivity contribution in [1.82, 2.24) is 9.62 Å². The highest BCUT2D eigenvalue weighted by atomic mass is 79.9. The molecule has 1 saturated heterocycles. The summed E-state index contributed by atoms with van der Waals surface area (Å²) in [7, 11) is -3.68. The van der Waals surface area contributed by atoms with Gasteiger partial charge in [-0.25, -0.2) is 12.8 Å². The molecule has 0 radical (unpaired) electrons. The minimum atomic E-state index is -3.68. The van der Waals surface area contributed by atoms with Gasteiger partial charge in [0.2, 0.25) is 15.9 Å². The predicted octanol–water partition coefficient (Wildman–Crippen LogP) is 3.51. The van der Waals surface area contributed by atoms with Gasteiger partial charge in [0, 0.05) is 41.2 Å². The third-order valence-electron chi connectivity index (χ3n) is 5.18. The van der Waals surface area contributed by atoms with Crippen LogP contribution in [0.25, 0.3) is 0 Å². The van der Waals surface area contributed by atoms with Gasteiger partial charge in [-0.2, -0.15) is 4.31 Å². The molecule has 1 fully saturated rings. The molecule has 0 unspecified atom stereocenters. The van der Waals surface area contributed by atoms with E-state index < -0.39 is 15.8 Å². The zero-order chi connectivity index (χ0) is 21.9. The maximum Gasteiger partial charge on any atom is 0.243 e. The number of sulfonamides is 1. The number of nitrogens with zero attached hydrogens (tertiary/aromatic N) is 1. The number of benzene rings is 2. The van der Waals surface area contributed by atoms with Gasteiger partial charge in [0.1, 0.15) is 5.82 Å². The van der Waals surface area contributed by atoms with Gasteiger partial charge < -0.3 is 5.32 Å². The lowest BCUT2D eigenvalue weighted by atomic mass is 9.97. The fourth-order valence-corrected chi connectivity index (χ4v) is 5.25. The lowest BCUT2D eigenvalue weighted by molar-refractivity contribution is -0.126. The SMILES string of the molecule is CC(=O)c1ccc(S(=O)(=O)N2CCC(C(=O)NCc3cc(Br)ccc3F)CC2)cc1. The zero-order valence-electron chi connectivity index (χ0n) is 16.4. The monoisotopic (exact) mass is 496 g/mol. The Morgan fingerprint density at radius 2 is 1.77 bits per heavy atom. The second kappa shape index (κ2) is 9.36. The molecule has 1 amide bonds. The summed E-state index contributed by atoms with van der Waals surface area (Å²) < 4.78 is 41.5. The first-order chi connectivity index (χ1) is 14.2. The van der Waals surface area contributed by atoms with Crippen LogP contribution in [0.4, 0.5) is 4.39 Å². The van der Waals surface area contributed by atoms with Gasteiger partial charge in [0.25, 0.3) is 0 Å². The molecule has 0 saturated carbocycles. The summed E-state index contributed by atoms with van der Waals surface area (Å²) in [5.41, 5.74) is 0.831. The Bertz CT molecular complexity index is 1050. The number of rotatable bonds is 6. The maximum absolute atomic E-state index is 13.8. The van der Waals surface area contributed by atoms with Crippen LogP contribution in [0, 0.1) is 11.7 Å². The number of hydrogen-bond donors (Lipinski definition) is 1. The van der Waals surface area contributed by atoms with E-state index in [9.17, 15) is 22.4 Å². The first-order valence-electron chi connectivity index (χ1n) is 9.51. The topological polar surface area (TPSA) is 83.6 Å². The van der Waals surface area contributed by atoms with Crippen LogP contribution in [0.3, 0.4) is 0 Å². The van der Waals surface area contributed by atoms with Crippen LogP contribution in [-0.2, 0) is 21.4 Å². The van der Waals surface area contributed by atoms with E-state index >= 15 is 0 Å². The largest absolute Gasteiger partial charge is 0.352 e. The first kappa shape index (κ1) is 22.6. The van der Waals surface area contributed by atoms with Crippen molar-refractivity contribution >= 4 is 37.6 Å². The number of Topliss-reactive ketones (excluding diaryl/α,β-unsaturated/α-hetero) is 1. The standard InChI is InChI=1S/C21H22BrFN2O4S/c1-14(26)15-2-5-19(6-3-15)30(28,29)25-10-8-16(9-11-25)21(27)24-13-17-12-18(22)4-7-20(17)23/h2-7,12,16H,8-11,13H2,1H3,(H,24,27). The summed E-state index contributed by atoms with van der Waals surface area (Å²) in [4.78, 5) is 23.9. The van der Waals surface area contributed by atoms with E-state index in [1.165, 1.54) is 41.6 Å². The highest BCUT2D eigenvalue weighted by molar-refractivity contribution is 9.10. The number of ketones is 1. The Balaban J connectivity index is 1.57. The number of halogens is 2. The van der Waals surface area contributed by atoms with Crippen molar-refractivity contribution in [2.45, 2.75) is 31.2 Å². The summed E-state index contributed by atoms with van der Waals surface area (Å²) in [6.45, 7) is 1.94. The van der Waals surface area contributed by atoms with E-state index in [-0.39, 0.29) is 42.1 Å². The van der Waals surface area contributed by atoms with Gasteiger partial charge in [-0.3, -0.25) is 9.59 Å². The molecule has 1 heterocycles. The summed E-state index contributed by atoms with van der Waals surface area (Å²) >= 11 is 3.28. The van der Waals surface area contributed by atoms with Gasteiger partial charge in [-0.05, 0) is 50.1 Å². The molecule has 1 aliphatic rings. The van der Waals surface area contributed by atoms with Gasteiger partial charge in [0.15, 0.2) is 5.78 Å². The molecular formula is C21H22BrFN2O4S. The van der Waals surface area contributed by atoms with Crippen LogP contribution in [0.2, 0.25) is 0 Å². The third-order valence-corrected chi connectivity index (χ3v) is 7.59. The highest BCUT2D eigenvalue weighted by Crippen LogP contribution is 2.24. The zero-order valence-corrected chi connectivity index (χ0v) is 18.8. The molecular weight excluding hydrogens is 475 g/mol. The molecule has 9 heteroatoms. The van der Waals surface area contributed by atoms with Crippen LogP contribution in [-0.4, -0.2) is 37.5 Å². The highest BCUT2D eigenvalue weighted by Gasteiger charge is 2.32. The molecule has 30 heavy (non-hydrogen) atoms. The van der Waals surface area contributed by atoms with Crippen LogP contribution in [0.5, 0.6) is 0 Å². The van der Waals surface area contributed by atoms with Gasteiger partial charge in [-0.15, -0.1) is 0 Å². The summed E-state index contributed by atoms with van der Waals surface area (Å²) in [5.74, 6) is -1.06. The Morgan fingerprint density at radius 3 is 2.37 bits per heavy atom. The lowest BCUT2D eigenvalue weighted by Crippen LogP contribution is -2.42. The van der Waals surface area contributed by atoms with Gasteiger partial charge in [-0.1, -0.05) is 28.1 Å². The lowest BCUT2D eigenvalue weighted by Gasteiger charge is -2.30. The number of hydrogen-bond acceptors (Lipinski definition) is 4. The Hall–Kier alpha value is -2.10. The minimum absolute atomic E-state index is 0.0745. The Morgan fingerprint density at radius 1 is 1.13 bits per heavy atom. The molecule has 0 aromatic heterocycles. The van der Waals surface area contributed by atoms with E-state index in [2.05, 4.69) is 21.2 Å². The van der Waals surface area contributed by atoms with Crippen LogP contribution in [0.15, 0.2) is 51.8 Å². The molecule has 160 valence electrons. The molecule has 2 aromatic carbocycles. The van der Waals surface area contributed by atoms with E-state index in [1.807, 2.05) is 0 Å².